The van der Waals surface area contributed by atoms with E-state index in [-0.39, 0.29) is 5.78 Å². The number of hydrogen-bond donors (Lipinski definition) is 2. The lowest BCUT2D eigenvalue weighted by molar-refractivity contribution is -0.135. The zero-order valence-corrected chi connectivity index (χ0v) is 16.7. The van der Waals surface area contributed by atoms with E-state index in [1.807, 2.05) is 32.9 Å². The molecule has 0 saturated carbocycles. The zero-order valence-electron chi connectivity index (χ0n) is 16.7. The molecule has 27 heavy (non-hydrogen) atoms. The second kappa shape index (κ2) is 7.74. The third kappa shape index (κ3) is 4.61. The van der Waals surface area contributed by atoms with Crippen molar-refractivity contribution in [2.45, 2.75) is 41.5 Å². The summed E-state index contributed by atoms with van der Waals surface area (Å²) in [4.78, 5) is 37.0. The fourth-order valence-corrected chi connectivity index (χ4v) is 2.85. The first kappa shape index (κ1) is 20.4. The molecule has 0 aromatic heterocycles. The number of Topliss-reactive ketones (excluding diaryl/α,β-unsaturated/α-hetero) is 1. The number of ketones is 1. The Balaban J connectivity index is 2.19. The van der Waals surface area contributed by atoms with Gasteiger partial charge in [0.1, 0.15) is 5.41 Å². The number of amides is 2. The summed E-state index contributed by atoms with van der Waals surface area (Å²) in [5.41, 5.74) is 3.43. The summed E-state index contributed by atoms with van der Waals surface area (Å²) in [6.07, 6.45) is 0. The first-order valence-corrected chi connectivity index (χ1v) is 8.84. The van der Waals surface area contributed by atoms with E-state index < -0.39 is 17.2 Å². The fourth-order valence-electron chi connectivity index (χ4n) is 2.85. The highest BCUT2D eigenvalue weighted by atomic mass is 16.2. The highest BCUT2D eigenvalue weighted by molar-refractivity contribution is 6.14. The molecule has 142 valence electrons. The quantitative estimate of drug-likeness (QED) is 0.608. The molecule has 0 spiro atoms. The molecule has 2 amide bonds. The zero-order chi connectivity index (χ0) is 20.4. The Morgan fingerprint density at radius 3 is 1.96 bits per heavy atom. The Bertz CT molecular complexity index is 891. The third-order valence-corrected chi connectivity index (χ3v) is 4.58. The predicted molar refractivity (Wildman–Crippen MR) is 108 cm³/mol. The lowest BCUT2D eigenvalue weighted by atomic mass is 9.90. The molecule has 0 bridgehead atoms. The van der Waals surface area contributed by atoms with Crippen molar-refractivity contribution in [2.75, 3.05) is 10.6 Å². The predicted octanol–water partition coefficient (Wildman–Crippen LogP) is 4.42. The van der Waals surface area contributed by atoms with E-state index >= 15 is 0 Å². The minimum Gasteiger partial charge on any atom is -0.325 e. The van der Waals surface area contributed by atoms with Gasteiger partial charge in [-0.15, -0.1) is 0 Å². The van der Waals surface area contributed by atoms with Gasteiger partial charge >= 0.3 is 0 Å². The lowest BCUT2D eigenvalue weighted by Crippen LogP contribution is -2.41. The summed E-state index contributed by atoms with van der Waals surface area (Å²) in [6, 6.07) is 10.6. The van der Waals surface area contributed by atoms with Crippen LogP contribution in [0.1, 0.15) is 47.8 Å². The van der Waals surface area contributed by atoms with E-state index in [1.165, 1.54) is 6.92 Å². The third-order valence-electron chi connectivity index (χ3n) is 4.58. The second-order valence-electron chi connectivity index (χ2n) is 7.44. The van der Waals surface area contributed by atoms with Crippen molar-refractivity contribution in [3.8, 4) is 0 Å². The van der Waals surface area contributed by atoms with Crippen LogP contribution in [0.25, 0.3) is 0 Å². The molecule has 0 unspecified atom stereocenters. The number of rotatable bonds is 5. The van der Waals surface area contributed by atoms with E-state index in [1.54, 1.807) is 38.1 Å². The Morgan fingerprint density at radius 2 is 1.41 bits per heavy atom. The van der Waals surface area contributed by atoms with E-state index in [2.05, 4.69) is 10.6 Å². The average molecular weight is 366 g/mol. The van der Waals surface area contributed by atoms with E-state index in [0.717, 1.165) is 22.4 Å². The summed E-state index contributed by atoms with van der Waals surface area (Å²) in [7, 11) is 0. The Morgan fingerprint density at radius 1 is 0.852 bits per heavy atom. The molecule has 0 atom stereocenters. The number of aryl methyl sites for hydroxylation is 3. The molecule has 0 heterocycles. The van der Waals surface area contributed by atoms with Crippen LogP contribution in [0.15, 0.2) is 36.4 Å². The highest BCUT2D eigenvalue weighted by Crippen LogP contribution is 2.26. The van der Waals surface area contributed by atoms with Gasteiger partial charge in [0.2, 0.25) is 11.8 Å². The van der Waals surface area contributed by atoms with Gasteiger partial charge in [-0.25, -0.2) is 0 Å². The van der Waals surface area contributed by atoms with Gasteiger partial charge in [0, 0.05) is 16.9 Å². The highest BCUT2D eigenvalue weighted by Gasteiger charge is 2.36. The number of carbonyl (C=O) groups excluding carboxylic acids is 3. The number of benzene rings is 2. The monoisotopic (exact) mass is 366 g/mol. The van der Waals surface area contributed by atoms with Crippen molar-refractivity contribution in [1.29, 1.82) is 0 Å². The smallest absolute Gasteiger partial charge is 0.239 e. The average Bonchev–Trinajstić information content (AvgIpc) is 2.57. The SMILES string of the molecule is CC(=O)c1cccc(NC(=O)C(C)(C)C(=O)Nc2c(C)cc(C)cc2C)c1. The molecule has 5 heteroatoms. The van der Waals surface area contributed by atoms with Crippen molar-refractivity contribution >= 4 is 29.0 Å². The molecule has 0 radical (unpaired) electrons. The molecule has 2 aromatic rings. The lowest BCUT2D eigenvalue weighted by Gasteiger charge is -2.24. The largest absolute Gasteiger partial charge is 0.325 e. The van der Waals surface area contributed by atoms with Crippen molar-refractivity contribution in [2.24, 2.45) is 5.41 Å². The fraction of sp³-hybridized carbons (Fsp3) is 0.318. The van der Waals surface area contributed by atoms with Crippen molar-refractivity contribution in [1.82, 2.24) is 0 Å². The van der Waals surface area contributed by atoms with Crippen molar-refractivity contribution < 1.29 is 14.4 Å². The molecule has 0 saturated heterocycles. The molecular weight excluding hydrogens is 340 g/mol. The summed E-state index contributed by atoms with van der Waals surface area (Å²) >= 11 is 0. The minimum atomic E-state index is -1.30. The van der Waals surface area contributed by atoms with Crippen LogP contribution in [-0.2, 0) is 9.59 Å². The van der Waals surface area contributed by atoms with Crippen LogP contribution in [0.5, 0.6) is 0 Å². The van der Waals surface area contributed by atoms with Crippen LogP contribution in [-0.4, -0.2) is 17.6 Å². The molecule has 2 aromatic carbocycles. The standard InChI is InChI=1S/C22H26N2O3/c1-13-10-14(2)19(15(3)11-13)24-21(27)22(5,6)20(26)23-18-9-7-8-17(12-18)16(4)25/h7-12H,1-6H3,(H,23,26)(H,24,27). The van der Waals surface area contributed by atoms with Gasteiger partial charge in [-0.05, 0) is 64.8 Å². The maximum Gasteiger partial charge on any atom is 0.239 e. The number of nitrogens with one attached hydrogen (secondary N) is 2. The first-order valence-electron chi connectivity index (χ1n) is 8.84. The van der Waals surface area contributed by atoms with Crippen molar-refractivity contribution in [3.05, 3.63) is 58.7 Å². The van der Waals surface area contributed by atoms with Gasteiger partial charge in [-0.2, -0.15) is 0 Å². The normalized spacial score (nSPS) is 11.0. The van der Waals surface area contributed by atoms with Crippen LogP contribution >= 0.6 is 0 Å². The van der Waals surface area contributed by atoms with Gasteiger partial charge < -0.3 is 10.6 Å². The van der Waals surface area contributed by atoms with Crippen LogP contribution in [0.2, 0.25) is 0 Å². The maximum atomic E-state index is 12.8. The summed E-state index contributed by atoms with van der Waals surface area (Å²) in [6.45, 7) is 10.5. The molecule has 0 aliphatic rings. The van der Waals surface area contributed by atoms with Crippen LogP contribution in [0.4, 0.5) is 11.4 Å². The van der Waals surface area contributed by atoms with Gasteiger partial charge in [0.15, 0.2) is 5.78 Å². The summed E-state index contributed by atoms with van der Waals surface area (Å²) in [5, 5.41) is 5.62. The minimum absolute atomic E-state index is 0.0894. The van der Waals surface area contributed by atoms with Crippen LogP contribution in [0.3, 0.4) is 0 Å². The number of anilines is 2. The maximum absolute atomic E-state index is 12.8. The van der Waals surface area contributed by atoms with Crippen molar-refractivity contribution in [3.63, 3.8) is 0 Å². The van der Waals surface area contributed by atoms with E-state index in [9.17, 15) is 14.4 Å². The molecule has 0 fully saturated rings. The van der Waals surface area contributed by atoms with Gasteiger partial charge in [0.05, 0.1) is 0 Å². The Kier molecular flexibility index (Phi) is 5.84. The van der Waals surface area contributed by atoms with Gasteiger partial charge in [-0.1, -0.05) is 29.8 Å². The number of hydrogen-bond acceptors (Lipinski definition) is 3. The second-order valence-corrected chi connectivity index (χ2v) is 7.44. The summed E-state index contributed by atoms with van der Waals surface area (Å²) in [5.74, 6) is -0.922. The first-order chi connectivity index (χ1) is 12.5. The molecule has 2 N–H and O–H groups in total. The van der Waals surface area contributed by atoms with Crippen LogP contribution < -0.4 is 10.6 Å². The molecule has 0 aliphatic carbocycles. The molecule has 2 rings (SSSR count). The van der Waals surface area contributed by atoms with Gasteiger partial charge in [-0.3, -0.25) is 14.4 Å². The van der Waals surface area contributed by atoms with Crippen LogP contribution in [0, 0.1) is 26.2 Å². The topological polar surface area (TPSA) is 75.3 Å². The van der Waals surface area contributed by atoms with E-state index in [4.69, 9.17) is 0 Å². The Labute approximate surface area is 160 Å². The Hall–Kier alpha value is -2.95. The number of carbonyl (C=O) groups is 3. The molecule has 5 nitrogen and oxygen atoms in total. The molecular formula is C22H26N2O3. The van der Waals surface area contributed by atoms with E-state index in [0.29, 0.717) is 11.3 Å². The van der Waals surface area contributed by atoms with Gasteiger partial charge in [0.25, 0.3) is 0 Å². The molecule has 0 aliphatic heterocycles. The summed E-state index contributed by atoms with van der Waals surface area (Å²) < 4.78 is 0.